The summed E-state index contributed by atoms with van der Waals surface area (Å²) in [6, 6.07) is 13.7. The zero-order valence-corrected chi connectivity index (χ0v) is 15.3. The van der Waals surface area contributed by atoms with Crippen LogP contribution >= 0.6 is 15.9 Å². The van der Waals surface area contributed by atoms with Gasteiger partial charge in [0, 0.05) is 4.47 Å². The van der Waals surface area contributed by atoms with Gasteiger partial charge in [-0.25, -0.2) is 0 Å². The van der Waals surface area contributed by atoms with E-state index in [9.17, 15) is 4.79 Å². The van der Waals surface area contributed by atoms with E-state index in [0.717, 1.165) is 28.6 Å². The SMILES string of the molecule is CCCc1ccc(OC(C)C(=O)Nc2ccc(C)cc2Br)cc1. The summed E-state index contributed by atoms with van der Waals surface area (Å²) in [5.74, 6) is 0.530. The van der Waals surface area contributed by atoms with Crippen molar-refractivity contribution < 1.29 is 9.53 Å². The first kappa shape index (κ1) is 17.5. The lowest BCUT2D eigenvalue weighted by Gasteiger charge is -2.16. The Balaban J connectivity index is 1.96. The predicted octanol–water partition coefficient (Wildman–Crippen LogP) is 5.12. The van der Waals surface area contributed by atoms with E-state index >= 15 is 0 Å². The Morgan fingerprint density at radius 2 is 1.91 bits per heavy atom. The molecule has 23 heavy (non-hydrogen) atoms. The third kappa shape index (κ3) is 5.10. The van der Waals surface area contributed by atoms with Crippen LogP contribution in [-0.4, -0.2) is 12.0 Å². The first-order chi connectivity index (χ1) is 11.0. The number of rotatable bonds is 6. The van der Waals surface area contributed by atoms with Gasteiger partial charge in [0.1, 0.15) is 5.75 Å². The van der Waals surface area contributed by atoms with Crippen LogP contribution in [-0.2, 0) is 11.2 Å². The normalized spacial score (nSPS) is 11.8. The number of hydrogen-bond acceptors (Lipinski definition) is 2. The van der Waals surface area contributed by atoms with Gasteiger partial charge in [0.2, 0.25) is 0 Å². The second kappa shape index (κ2) is 8.16. The molecule has 2 aromatic rings. The van der Waals surface area contributed by atoms with Crippen LogP contribution in [0.2, 0.25) is 0 Å². The molecule has 0 fully saturated rings. The first-order valence-corrected chi connectivity index (χ1v) is 8.61. The van der Waals surface area contributed by atoms with Crippen LogP contribution in [0.1, 0.15) is 31.4 Å². The molecule has 0 spiro atoms. The number of hydrogen-bond donors (Lipinski definition) is 1. The molecule has 0 saturated carbocycles. The minimum atomic E-state index is -0.569. The number of benzene rings is 2. The van der Waals surface area contributed by atoms with Gasteiger partial charge in [-0.3, -0.25) is 4.79 Å². The van der Waals surface area contributed by atoms with Crippen LogP contribution in [0.4, 0.5) is 5.69 Å². The van der Waals surface area contributed by atoms with Gasteiger partial charge < -0.3 is 10.1 Å². The molecule has 1 N–H and O–H groups in total. The molecule has 2 aromatic carbocycles. The lowest BCUT2D eigenvalue weighted by molar-refractivity contribution is -0.122. The molecule has 3 nitrogen and oxygen atoms in total. The van der Waals surface area contributed by atoms with Gasteiger partial charge in [0.25, 0.3) is 5.91 Å². The van der Waals surface area contributed by atoms with E-state index in [1.165, 1.54) is 5.56 Å². The summed E-state index contributed by atoms with van der Waals surface area (Å²) in [4.78, 5) is 12.3. The smallest absolute Gasteiger partial charge is 0.265 e. The fourth-order valence-corrected chi connectivity index (χ4v) is 2.83. The summed E-state index contributed by atoms with van der Waals surface area (Å²) in [5, 5.41) is 2.88. The molecule has 1 atom stereocenters. The highest BCUT2D eigenvalue weighted by atomic mass is 79.9. The van der Waals surface area contributed by atoms with Crippen molar-refractivity contribution in [1.29, 1.82) is 0 Å². The molecule has 122 valence electrons. The highest BCUT2D eigenvalue weighted by molar-refractivity contribution is 9.10. The van der Waals surface area contributed by atoms with E-state index in [1.54, 1.807) is 6.92 Å². The van der Waals surface area contributed by atoms with Crippen molar-refractivity contribution in [3.8, 4) is 5.75 Å². The van der Waals surface area contributed by atoms with Crippen molar-refractivity contribution in [3.05, 3.63) is 58.1 Å². The zero-order valence-electron chi connectivity index (χ0n) is 13.7. The third-order valence-corrected chi connectivity index (χ3v) is 4.18. The fourth-order valence-electron chi connectivity index (χ4n) is 2.24. The van der Waals surface area contributed by atoms with E-state index < -0.39 is 6.10 Å². The van der Waals surface area contributed by atoms with Crippen LogP contribution in [0.15, 0.2) is 46.9 Å². The molecule has 2 rings (SSSR count). The number of carbonyl (C=O) groups excluding carboxylic acids is 1. The lowest BCUT2D eigenvalue weighted by Crippen LogP contribution is -2.30. The van der Waals surface area contributed by atoms with Crippen molar-refractivity contribution in [3.63, 3.8) is 0 Å². The fraction of sp³-hybridized carbons (Fsp3) is 0.316. The van der Waals surface area contributed by atoms with Crippen molar-refractivity contribution in [2.45, 2.75) is 39.7 Å². The molecule has 0 bridgehead atoms. The Hall–Kier alpha value is -1.81. The number of aryl methyl sites for hydroxylation is 2. The maximum Gasteiger partial charge on any atom is 0.265 e. The standard InChI is InChI=1S/C19H22BrNO2/c1-4-5-15-7-9-16(10-8-15)23-14(3)19(22)21-18-11-6-13(2)12-17(18)20/h6-12,14H,4-5H2,1-3H3,(H,21,22). The van der Waals surface area contributed by atoms with Gasteiger partial charge in [-0.05, 0) is 71.6 Å². The van der Waals surface area contributed by atoms with Gasteiger partial charge in [-0.1, -0.05) is 31.5 Å². The van der Waals surface area contributed by atoms with E-state index in [-0.39, 0.29) is 5.91 Å². The molecule has 0 heterocycles. The number of carbonyl (C=O) groups is 1. The maximum absolute atomic E-state index is 12.3. The maximum atomic E-state index is 12.3. The molecule has 0 radical (unpaired) electrons. The van der Waals surface area contributed by atoms with Crippen LogP contribution in [0.5, 0.6) is 5.75 Å². The summed E-state index contributed by atoms with van der Waals surface area (Å²) in [5.41, 5.74) is 3.15. The van der Waals surface area contributed by atoms with Crippen LogP contribution in [0, 0.1) is 6.92 Å². The second-order valence-corrected chi connectivity index (χ2v) is 6.48. The summed E-state index contributed by atoms with van der Waals surface area (Å²) in [7, 11) is 0. The predicted molar refractivity (Wildman–Crippen MR) is 98.0 cm³/mol. The van der Waals surface area contributed by atoms with E-state index in [1.807, 2.05) is 49.4 Å². The molecule has 0 aliphatic carbocycles. The van der Waals surface area contributed by atoms with E-state index in [0.29, 0.717) is 5.75 Å². The highest BCUT2D eigenvalue weighted by Crippen LogP contribution is 2.24. The Labute approximate surface area is 146 Å². The molecule has 0 aliphatic rings. The molecule has 4 heteroatoms. The minimum Gasteiger partial charge on any atom is -0.481 e. The summed E-state index contributed by atoms with van der Waals surface area (Å²) >= 11 is 3.46. The van der Waals surface area contributed by atoms with Crippen molar-refractivity contribution >= 4 is 27.5 Å². The molecule has 0 aromatic heterocycles. The van der Waals surface area contributed by atoms with E-state index in [4.69, 9.17) is 4.74 Å². The van der Waals surface area contributed by atoms with Crippen molar-refractivity contribution in [2.75, 3.05) is 5.32 Å². The monoisotopic (exact) mass is 375 g/mol. The summed E-state index contributed by atoms with van der Waals surface area (Å²) in [6.45, 7) is 5.90. The van der Waals surface area contributed by atoms with Crippen molar-refractivity contribution in [2.24, 2.45) is 0 Å². The number of ether oxygens (including phenoxy) is 1. The van der Waals surface area contributed by atoms with E-state index in [2.05, 4.69) is 28.2 Å². The number of halogens is 1. The first-order valence-electron chi connectivity index (χ1n) is 7.82. The van der Waals surface area contributed by atoms with Gasteiger partial charge >= 0.3 is 0 Å². The Morgan fingerprint density at radius 3 is 2.52 bits per heavy atom. The summed E-state index contributed by atoms with van der Waals surface area (Å²) in [6.07, 6.45) is 1.60. The average molecular weight is 376 g/mol. The topological polar surface area (TPSA) is 38.3 Å². The Bertz CT molecular complexity index is 668. The van der Waals surface area contributed by atoms with Gasteiger partial charge in [-0.2, -0.15) is 0 Å². The Morgan fingerprint density at radius 1 is 1.22 bits per heavy atom. The highest BCUT2D eigenvalue weighted by Gasteiger charge is 2.16. The molecule has 0 saturated heterocycles. The van der Waals surface area contributed by atoms with Gasteiger partial charge in [0.05, 0.1) is 5.69 Å². The zero-order chi connectivity index (χ0) is 16.8. The average Bonchev–Trinajstić information content (AvgIpc) is 2.52. The van der Waals surface area contributed by atoms with Gasteiger partial charge in [0.15, 0.2) is 6.10 Å². The Kier molecular flexibility index (Phi) is 6.22. The molecular weight excluding hydrogens is 354 g/mol. The minimum absolute atomic E-state index is 0.174. The van der Waals surface area contributed by atoms with Gasteiger partial charge in [-0.15, -0.1) is 0 Å². The molecule has 1 unspecified atom stereocenters. The van der Waals surface area contributed by atoms with Crippen LogP contribution in [0.3, 0.4) is 0 Å². The largest absolute Gasteiger partial charge is 0.481 e. The van der Waals surface area contributed by atoms with Crippen LogP contribution < -0.4 is 10.1 Å². The molecular formula is C19H22BrNO2. The molecule has 1 amide bonds. The van der Waals surface area contributed by atoms with Crippen molar-refractivity contribution in [1.82, 2.24) is 0 Å². The lowest BCUT2D eigenvalue weighted by atomic mass is 10.1. The third-order valence-electron chi connectivity index (χ3n) is 3.53. The summed E-state index contributed by atoms with van der Waals surface area (Å²) < 4.78 is 6.58. The second-order valence-electron chi connectivity index (χ2n) is 5.63. The van der Waals surface area contributed by atoms with Crippen LogP contribution in [0.25, 0.3) is 0 Å². The number of nitrogens with one attached hydrogen (secondary N) is 1. The number of amides is 1. The number of anilines is 1. The molecule has 0 aliphatic heterocycles. The quantitative estimate of drug-likeness (QED) is 0.760.